The number of hydrogen-bond acceptors (Lipinski definition) is 4. The van der Waals surface area contributed by atoms with Gasteiger partial charge in [-0.3, -0.25) is 0 Å². The van der Waals surface area contributed by atoms with Crippen LogP contribution in [0.15, 0.2) is 28.1 Å². The minimum Gasteiger partial charge on any atom is -0.464 e. The predicted octanol–water partition coefficient (Wildman–Crippen LogP) is 2.05. The lowest BCUT2D eigenvalue weighted by Crippen LogP contribution is -2.03. The summed E-state index contributed by atoms with van der Waals surface area (Å²) in [6.07, 6.45) is 2.61. The average Bonchev–Trinajstić information content (AvgIpc) is 2.79. The summed E-state index contributed by atoms with van der Waals surface area (Å²) in [6.45, 7) is 0.776. The number of furan rings is 1. The molecule has 0 unspecified atom stereocenters. The average molecular weight is 208 g/mol. The minimum absolute atomic E-state index is 0.776. The molecule has 2 heterocycles. The van der Waals surface area contributed by atoms with Crippen LogP contribution >= 0.6 is 11.3 Å². The first-order valence-electron chi connectivity index (χ1n) is 4.49. The number of nitrogens with one attached hydrogen (secondary N) is 1. The minimum atomic E-state index is 0.776. The van der Waals surface area contributed by atoms with Gasteiger partial charge in [-0.1, -0.05) is 0 Å². The summed E-state index contributed by atoms with van der Waals surface area (Å²) in [5.74, 6) is 1.95. The van der Waals surface area contributed by atoms with E-state index in [0.717, 1.165) is 29.5 Å². The van der Waals surface area contributed by atoms with E-state index in [-0.39, 0.29) is 0 Å². The molecule has 0 amide bonds. The van der Waals surface area contributed by atoms with E-state index in [1.54, 1.807) is 11.3 Å². The number of nitrogens with zero attached hydrogens (tertiary/aromatic N) is 1. The molecular formula is C10H12N2OS. The van der Waals surface area contributed by atoms with Crippen LogP contribution in [0.4, 0.5) is 0 Å². The van der Waals surface area contributed by atoms with Crippen LogP contribution in [-0.4, -0.2) is 12.0 Å². The molecule has 0 saturated carbocycles. The standard InChI is InChI=1S/C10H12N2OS/c1-11-7-9-3-2-8(13-9)6-10-12-4-5-14-10/h2-5,11H,6-7H2,1H3. The maximum atomic E-state index is 5.60. The van der Waals surface area contributed by atoms with Crippen molar-refractivity contribution in [2.24, 2.45) is 0 Å². The molecule has 0 atom stereocenters. The zero-order chi connectivity index (χ0) is 9.80. The smallest absolute Gasteiger partial charge is 0.117 e. The van der Waals surface area contributed by atoms with Gasteiger partial charge >= 0.3 is 0 Å². The molecule has 2 aromatic rings. The van der Waals surface area contributed by atoms with Gasteiger partial charge in [0.2, 0.25) is 0 Å². The number of aromatic nitrogens is 1. The Balaban J connectivity index is 2.03. The van der Waals surface area contributed by atoms with Crippen molar-refractivity contribution in [2.45, 2.75) is 13.0 Å². The molecule has 4 heteroatoms. The van der Waals surface area contributed by atoms with E-state index >= 15 is 0 Å². The SMILES string of the molecule is CNCc1ccc(Cc2nccs2)o1. The molecule has 0 spiro atoms. The summed E-state index contributed by atoms with van der Waals surface area (Å²) in [4.78, 5) is 4.21. The molecule has 0 saturated heterocycles. The first-order valence-corrected chi connectivity index (χ1v) is 5.37. The number of thiazole rings is 1. The summed E-state index contributed by atoms with van der Waals surface area (Å²) in [5.41, 5.74) is 0. The van der Waals surface area contributed by atoms with Crippen LogP contribution in [-0.2, 0) is 13.0 Å². The van der Waals surface area contributed by atoms with Crippen LogP contribution in [0, 0.1) is 0 Å². The fourth-order valence-electron chi connectivity index (χ4n) is 1.28. The Morgan fingerprint density at radius 3 is 3.00 bits per heavy atom. The van der Waals surface area contributed by atoms with Crippen LogP contribution in [0.1, 0.15) is 16.5 Å². The zero-order valence-electron chi connectivity index (χ0n) is 7.99. The monoisotopic (exact) mass is 208 g/mol. The second-order valence-electron chi connectivity index (χ2n) is 3.00. The maximum absolute atomic E-state index is 5.60. The van der Waals surface area contributed by atoms with Crippen molar-refractivity contribution in [2.75, 3.05) is 7.05 Å². The molecule has 1 N–H and O–H groups in total. The summed E-state index contributed by atoms with van der Waals surface area (Å²) >= 11 is 1.65. The molecule has 74 valence electrons. The van der Waals surface area contributed by atoms with Crippen LogP contribution in [0.5, 0.6) is 0 Å². The Bertz CT molecular complexity index is 380. The fourth-order valence-corrected chi connectivity index (χ4v) is 1.90. The molecule has 2 aromatic heterocycles. The number of hydrogen-bond donors (Lipinski definition) is 1. The van der Waals surface area contributed by atoms with Crippen LogP contribution < -0.4 is 5.32 Å². The highest BCUT2D eigenvalue weighted by Gasteiger charge is 2.03. The second-order valence-corrected chi connectivity index (χ2v) is 3.98. The topological polar surface area (TPSA) is 38.1 Å². The van der Waals surface area contributed by atoms with Crippen molar-refractivity contribution < 1.29 is 4.42 Å². The van der Waals surface area contributed by atoms with E-state index in [2.05, 4.69) is 10.3 Å². The van der Waals surface area contributed by atoms with Gasteiger partial charge in [0, 0.05) is 11.6 Å². The lowest BCUT2D eigenvalue weighted by atomic mass is 10.3. The van der Waals surface area contributed by atoms with E-state index in [1.807, 2.05) is 30.8 Å². The normalized spacial score (nSPS) is 10.6. The molecule has 0 radical (unpaired) electrons. The maximum Gasteiger partial charge on any atom is 0.117 e. The molecule has 0 aromatic carbocycles. The van der Waals surface area contributed by atoms with Gasteiger partial charge in [-0.05, 0) is 19.2 Å². The molecule has 0 aliphatic rings. The Morgan fingerprint density at radius 1 is 1.43 bits per heavy atom. The Morgan fingerprint density at radius 2 is 2.29 bits per heavy atom. The Kier molecular flexibility index (Phi) is 2.96. The van der Waals surface area contributed by atoms with Crippen molar-refractivity contribution in [1.82, 2.24) is 10.3 Å². The highest BCUT2D eigenvalue weighted by Crippen LogP contribution is 2.14. The van der Waals surface area contributed by atoms with Crippen LogP contribution in [0.2, 0.25) is 0 Å². The lowest BCUT2D eigenvalue weighted by molar-refractivity contribution is 0.462. The highest BCUT2D eigenvalue weighted by atomic mass is 32.1. The molecule has 0 aliphatic heterocycles. The van der Waals surface area contributed by atoms with Gasteiger partial charge in [0.15, 0.2) is 0 Å². The predicted molar refractivity (Wildman–Crippen MR) is 56.4 cm³/mol. The van der Waals surface area contributed by atoms with E-state index in [4.69, 9.17) is 4.42 Å². The first kappa shape index (κ1) is 9.43. The van der Waals surface area contributed by atoms with Crippen molar-refractivity contribution in [3.8, 4) is 0 Å². The van der Waals surface area contributed by atoms with Crippen molar-refractivity contribution in [1.29, 1.82) is 0 Å². The second kappa shape index (κ2) is 4.39. The van der Waals surface area contributed by atoms with Gasteiger partial charge in [-0.15, -0.1) is 11.3 Å². The van der Waals surface area contributed by atoms with Crippen molar-refractivity contribution >= 4 is 11.3 Å². The van der Waals surface area contributed by atoms with E-state index in [0.29, 0.717) is 0 Å². The van der Waals surface area contributed by atoms with Gasteiger partial charge in [0.25, 0.3) is 0 Å². The summed E-state index contributed by atoms with van der Waals surface area (Å²) in [7, 11) is 1.91. The van der Waals surface area contributed by atoms with Crippen molar-refractivity contribution in [3.05, 3.63) is 40.2 Å². The van der Waals surface area contributed by atoms with E-state index in [9.17, 15) is 0 Å². The lowest BCUT2D eigenvalue weighted by Gasteiger charge is -1.94. The summed E-state index contributed by atoms with van der Waals surface area (Å²) < 4.78 is 5.60. The third-order valence-electron chi connectivity index (χ3n) is 1.88. The van der Waals surface area contributed by atoms with Gasteiger partial charge in [0.05, 0.1) is 18.0 Å². The molecule has 0 bridgehead atoms. The fraction of sp³-hybridized carbons (Fsp3) is 0.300. The molecular weight excluding hydrogens is 196 g/mol. The number of rotatable bonds is 4. The van der Waals surface area contributed by atoms with E-state index in [1.165, 1.54) is 0 Å². The molecule has 3 nitrogen and oxygen atoms in total. The van der Waals surface area contributed by atoms with Gasteiger partial charge in [0.1, 0.15) is 11.5 Å². The van der Waals surface area contributed by atoms with Gasteiger partial charge in [-0.2, -0.15) is 0 Å². The Hall–Kier alpha value is -1.13. The molecule has 2 rings (SSSR count). The molecule has 0 aliphatic carbocycles. The van der Waals surface area contributed by atoms with E-state index < -0.39 is 0 Å². The zero-order valence-corrected chi connectivity index (χ0v) is 8.80. The first-order chi connectivity index (χ1) is 6.88. The molecule has 0 fully saturated rings. The van der Waals surface area contributed by atoms with Crippen LogP contribution in [0.3, 0.4) is 0 Å². The highest BCUT2D eigenvalue weighted by molar-refractivity contribution is 7.09. The largest absolute Gasteiger partial charge is 0.464 e. The third kappa shape index (κ3) is 2.21. The van der Waals surface area contributed by atoms with Crippen LogP contribution in [0.25, 0.3) is 0 Å². The summed E-state index contributed by atoms with van der Waals surface area (Å²) in [5, 5.41) is 6.12. The third-order valence-corrected chi connectivity index (χ3v) is 2.66. The Labute approximate surface area is 86.8 Å². The quantitative estimate of drug-likeness (QED) is 0.835. The van der Waals surface area contributed by atoms with Gasteiger partial charge in [-0.25, -0.2) is 4.98 Å². The van der Waals surface area contributed by atoms with Gasteiger partial charge < -0.3 is 9.73 Å². The molecule has 14 heavy (non-hydrogen) atoms. The van der Waals surface area contributed by atoms with Crippen molar-refractivity contribution in [3.63, 3.8) is 0 Å². The summed E-state index contributed by atoms with van der Waals surface area (Å²) in [6, 6.07) is 4.01.